The number of hydrogen-bond donors (Lipinski definition) is 2. The Labute approximate surface area is 121 Å². The zero-order valence-electron chi connectivity index (χ0n) is 11.8. The molecule has 1 aromatic heterocycles. The van der Waals surface area contributed by atoms with Gasteiger partial charge in [0.25, 0.3) is 0 Å². The van der Waals surface area contributed by atoms with E-state index in [9.17, 15) is 9.59 Å². The van der Waals surface area contributed by atoms with Gasteiger partial charge in [0, 0.05) is 5.56 Å². The number of carbonyl (C=O) groups excluding carboxylic acids is 1. The first-order chi connectivity index (χ1) is 9.97. The van der Waals surface area contributed by atoms with E-state index in [2.05, 4.69) is 10.3 Å². The maximum atomic E-state index is 11.8. The number of nitrogens with zero attached hydrogens (tertiary/aromatic N) is 1. The molecule has 110 valence electrons. The Balaban J connectivity index is 2.10. The molecule has 1 aromatic carbocycles. The second-order valence-electron chi connectivity index (χ2n) is 4.69. The number of rotatable bonds is 5. The molecule has 0 radical (unpaired) electrons. The van der Waals surface area contributed by atoms with Gasteiger partial charge in [0.2, 0.25) is 11.8 Å². The van der Waals surface area contributed by atoms with Crippen molar-refractivity contribution >= 4 is 11.9 Å². The molecule has 0 aliphatic carbocycles. The quantitative estimate of drug-likeness (QED) is 0.875. The highest BCUT2D eigenvalue weighted by Gasteiger charge is 2.18. The number of hydrogen-bond acceptors (Lipinski definition) is 4. The Morgan fingerprint density at radius 2 is 2.00 bits per heavy atom. The van der Waals surface area contributed by atoms with E-state index in [4.69, 9.17) is 9.52 Å². The minimum Gasteiger partial charge on any atom is -0.480 e. The van der Waals surface area contributed by atoms with E-state index in [0.717, 1.165) is 5.56 Å². The third-order valence-electron chi connectivity index (χ3n) is 2.99. The molecule has 0 saturated carbocycles. The summed E-state index contributed by atoms with van der Waals surface area (Å²) in [6.07, 6.45) is -0.0141. The van der Waals surface area contributed by atoms with Gasteiger partial charge in [-0.3, -0.25) is 9.59 Å². The molecule has 0 spiro atoms. The minimum absolute atomic E-state index is 0.0141. The number of carboxylic acids is 1. The molecule has 1 heterocycles. The Morgan fingerprint density at radius 1 is 1.33 bits per heavy atom. The van der Waals surface area contributed by atoms with Gasteiger partial charge in [-0.25, -0.2) is 4.98 Å². The predicted octanol–water partition coefficient (Wildman–Crippen LogP) is 1.78. The third kappa shape index (κ3) is 3.68. The molecular weight excluding hydrogens is 272 g/mol. The summed E-state index contributed by atoms with van der Waals surface area (Å²) < 4.78 is 5.55. The summed E-state index contributed by atoms with van der Waals surface area (Å²) >= 11 is 0. The van der Waals surface area contributed by atoms with Crippen LogP contribution in [0.5, 0.6) is 0 Å². The number of benzene rings is 1. The van der Waals surface area contributed by atoms with Crippen LogP contribution in [0.2, 0.25) is 0 Å². The van der Waals surface area contributed by atoms with Crippen molar-refractivity contribution in [2.75, 3.05) is 0 Å². The summed E-state index contributed by atoms with van der Waals surface area (Å²) in [6.45, 7) is 3.13. The zero-order chi connectivity index (χ0) is 15.4. The van der Waals surface area contributed by atoms with Crippen molar-refractivity contribution in [2.45, 2.75) is 26.3 Å². The van der Waals surface area contributed by atoms with Gasteiger partial charge in [-0.05, 0) is 26.0 Å². The van der Waals surface area contributed by atoms with Gasteiger partial charge in [0.1, 0.15) is 11.8 Å². The lowest BCUT2D eigenvalue weighted by Crippen LogP contribution is -2.39. The van der Waals surface area contributed by atoms with E-state index in [1.165, 1.54) is 6.92 Å². The maximum Gasteiger partial charge on any atom is 0.325 e. The number of oxazole rings is 1. The number of carbonyl (C=O) groups is 2. The molecule has 2 N–H and O–H groups in total. The second-order valence-corrected chi connectivity index (χ2v) is 4.69. The molecule has 2 aromatic rings. The normalized spacial score (nSPS) is 11.9. The molecular formula is C15H16N2O4. The van der Waals surface area contributed by atoms with Crippen molar-refractivity contribution < 1.29 is 19.1 Å². The monoisotopic (exact) mass is 288 g/mol. The maximum absolute atomic E-state index is 11.8. The summed E-state index contributed by atoms with van der Waals surface area (Å²) in [5.41, 5.74) is 1.33. The van der Waals surface area contributed by atoms with Crippen LogP contribution >= 0.6 is 0 Å². The van der Waals surface area contributed by atoms with Crippen LogP contribution in [0.3, 0.4) is 0 Å². The molecule has 0 aliphatic rings. The van der Waals surface area contributed by atoms with E-state index < -0.39 is 17.9 Å². The van der Waals surface area contributed by atoms with Crippen LogP contribution < -0.4 is 5.32 Å². The highest BCUT2D eigenvalue weighted by molar-refractivity contribution is 5.84. The lowest BCUT2D eigenvalue weighted by atomic mass is 10.2. The summed E-state index contributed by atoms with van der Waals surface area (Å²) in [5, 5.41) is 11.1. The van der Waals surface area contributed by atoms with Gasteiger partial charge in [0.15, 0.2) is 0 Å². The molecule has 2 rings (SSSR count). The van der Waals surface area contributed by atoms with Crippen molar-refractivity contribution in [1.82, 2.24) is 10.3 Å². The average molecular weight is 288 g/mol. The van der Waals surface area contributed by atoms with E-state index in [-0.39, 0.29) is 6.42 Å². The Bertz CT molecular complexity index is 649. The Morgan fingerprint density at radius 3 is 2.62 bits per heavy atom. The van der Waals surface area contributed by atoms with Crippen molar-refractivity contribution in [3.63, 3.8) is 0 Å². The lowest BCUT2D eigenvalue weighted by molar-refractivity contribution is -0.141. The number of aryl methyl sites for hydroxylation is 1. The fourth-order valence-corrected chi connectivity index (χ4v) is 1.80. The van der Waals surface area contributed by atoms with Gasteiger partial charge in [-0.2, -0.15) is 0 Å². The summed E-state index contributed by atoms with van der Waals surface area (Å²) in [7, 11) is 0. The molecule has 1 atom stereocenters. The molecule has 0 fully saturated rings. The highest BCUT2D eigenvalue weighted by Crippen LogP contribution is 2.21. The number of amides is 1. The Hall–Kier alpha value is -2.63. The molecule has 1 amide bonds. The Kier molecular flexibility index (Phi) is 4.37. The van der Waals surface area contributed by atoms with Crippen molar-refractivity contribution in [2.24, 2.45) is 0 Å². The first-order valence-corrected chi connectivity index (χ1v) is 6.51. The van der Waals surface area contributed by atoms with Crippen molar-refractivity contribution in [3.05, 3.63) is 41.8 Å². The average Bonchev–Trinajstić information content (AvgIpc) is 2.81. The smallest absolute Gasteiger partial charge is 0.325 e. The molecule has 21 heavy (non-hydrogen) atoms. The lowest BCUT2D eigenvalue weighted by Gasteiger charge is -2.07. The predicted molar refractivity (Wildman–Crippen MR) is 75.6 cm³/mol. The first-order valence-electron chi connectivity index (χ1n) is 6.51. The van der Waals surface area contributed by atoms with Crippen LogP contribution in [0.4, 0.5) is 0 Å². The molecule has 1 unspecified atom stereocenters. The fourth-order valence-electron chi connectivity index (χ4n) is 1.80. The molecule has 0 aliphatic heterocycles. The van der Waals surface area contributed by atoms with E-state index >= 15 is 0 Å². The molecule has 6 heteroatoms. The van der Waals surface area contributed by atoms with E-state index in [1.54, 1.807) is 6.92 Å². The second kappa shape index (κ2) is 6.21. The van der Waals surface area contributed by atoms with Crippen LogP contribution in [0.15, 0.2) is 34.7 Å². The van der Waals surface area contributed by atoms with Crippen LogP contribution in [-0.2, 0) is 16.0 Å². The molecule has 6 nitrogen and oxygen atoms in total. The highest BCUT2D eigenvalue weighted by atomic mass is 16.4. The van der Waals surface area contributed by atoms with Gasteiger partial charge < -0.3 is 14.8 Å². The van der Waals surface area contributed by atoms with Gasteiger partial charge in [0.05, 0.1) is 12.1 Å². The largest absolute Gasteiger partial charge is 0.480 e. The topological polar surface area (TPSA) is 92.4 Å². The number of aromatic nitrogens is 1. The standard InChI is InChI=1S/C15H16N2O4/c1-9(15(19)20)16-13(18)8-12-10(2)21-14(17-12)11-6-4-3-5-7-11/h3-7,9H,8H2,1-2H3,(H,16,18)(H,19,20). The van der Waals surface area contributed by atoms with Gasteiger partial charge in [-0.15, -0.1) is 0 Å². The van der Waals surface area contributed by atoms with Crippen LogP contribution in [0.25, 0.3) is 11.5 Å². The SMILES string of the molecule is Cc1oc(-c2ccccc2)nc1CC(=O)NC(C)C(=O)O. The number of aliphatic carboxylic acids is 1. The zero-order valence-corrected chi connectivity index (χ0v) is 11.8. The van der Waals surface area contributed by atoms with Crippen molar-refractivity contribution in [1.29, 1.82) is 0 Å². The minimum atomic E-state index is -1.08. The number of carboxylic acid groups (broad SMARTS) is 1. The van der Waals surface area contributed by atoms with Crippen LogP contribution in [-0.4, -0.2) is 28.0 Å². The van der Waals surface area contributed by atoms with Gasteiger partial charge in [-0.1, -0.05) is 18.2 Å². The first kappa shape index (κ1) is 14.8. The summed E-state index contributed by atoms with van der Waals surface area (Å²) in [5.74, 6) is -0.486. The van der Waals surface area contributed by atoms with E-state index in [1.807, 2.05) is 30.3 Å². The summed E-state index contributed by atoms with van der Waals surface area (Å²) in [4.78, 5) is 26.8. The van der Waals surface area contributed by atoms with Gasteiger partial charge >= 0.3 is 5.97 Å². The molecule has 0 saturated heterocycles. The van der Waals surface area contributed by atoms with Crippen LogP contribution in [0, 0.1) is 6.92 Å². The van der Waals surface area contributed by atoms with Crippen molar-refractivity contribution in [3.8, 4) is 11.5 Å². The summed E-state index contributed by atoms with van der Waals surface area (Å²) in [6, 6.07) is 8.42. The third-order valence-corrected chi connectivity index (χ3v) is 2.99. The molecule has 0 bridgehead atoms. The fraction of sp³-hybridized carbons (Fsp3) is 0.267. The van der Waals surface area contributed by atoms with Crippen LogP contribution in [0.1, 0.15) is 18.4 Å². The number of nitrogens with one attached hydrogen (secondary N) is 1. The van der Waals surface area contributed by atoms with E-state index in [0.29, 0.717) is 17.3 Å².